The molecule has 1 atom stereocenters. The van der Waals surface area contributed by atoms with E-state index < -0.39 is 11.6 Å². The van der Waals surface area contributed by atoms with Crippen LogP contribution in [0.1, 0.15) is 25.3 Å². The minimum atomic E-state index is -1.72. The Hall–Kier alpha value is -1.88. The number of carbonyl (C=O) groups excluding carboxylic acids is 2. The molecule has 5 heteroatoms. The molecular formula is C15H19NO4. The third-order valence-electron chi connectivity index (χ3n) is 3.51. The number of hydrogen-bond acceptors (Lipinski definition) is 4. The van der Waals surface area contributed by atoms with Crippen LogP contribution in [-0.4, -0.2) is 36.2 Å². The second-order valence-electron chi connectivity index (χ2n) is 5.23. The number of aryl methyl sites for hydroxylation is 1. The highest BCUT2D eigenvalue weighted by atomic mass is 16.5. The molecule has 1 aromatic carbocycles. The average Bonchev–Trinajstić information content (AvgIpc) is 2.58. The Morgan fingerprint density at radius 2 is 2.10 bits per heavy atom. The van der Waals surface area contributed by atoms with Gasteiger partial charge in [-0.1, -0.05) is 18.2 Å². The van der Waals surface area contributed by atoms with Gasteiger partial charge in [0, 0.05) is 12.1 Å². The number of para-hydroxylation sites is 1. The molecule has 5 nitrogen and oxygen atoms in total. The molecule has 0 bridgehead atoms. The van der Waals surface area contributed by atoms with E-state index in [0.717, 1.165) is 24.1 Å². The quantitative estimate of drug-likeness (QED) is 0.845. The van der Waals surface area contributed by atoms with E-state index >= 15 is 0 Å². The largest absolute Gasteiger partial charge is 0.467 e. The summed E-state index contributed by atoms with van der Waals surface area (Å²) in [6, 6.07) is 7.57. The minimum absolute atomic E-state index is 0.0841. The Kier molecular flexibility index (Phi) is 4.09. The van der Waals surface area contributed by atoms with Crippen LogP contribution in [0.15, 0.2) is 24.3 Å². The van der Waals surface area contributed by atoms with Crippen LogP contribution in [0.5, 0.6) is 0 Å². The Balaban J connectivity index is 2.34. The van der Waals surface area contributed by atoms with E-state index in [1.165, 1.54) is 18.9 Å². The number of methoxy groups -OCH3 is 1. The van der Waals surface area contributed by atoms with Crippen LogP contribution in [-0.2, 0) is 20.7 Å². The molecule has 0 saturated heterocycles. The molecule has 0 aliphatic carbocycles. The van der Waals surface area contributed by atoms with Crippen molar-refractivity contribution in [3.63, 3.8) is 0 Å². The van der Waals surface area contributed by atoms with E-state index in [4.69, 9.17) is 0 Å². The first-order valence-electron chi connectivity index (χ1n) is 6.65. The molecule has 0 spiro atoms. The van der Waals surface area contributed by atoms with E-state index in [0.29, 0.717) is 6.42 Å². The summed E-state index contributed by atoms with van der Waals surface area (Å²) in [5.41, 5.74) is 0.0974. The second kappa shape index (κ2) is 5.63. The fourth-order valence-corrected chi connectivity index (χ4v) is 2.45. The van der Waals surface area contributed by atoms with Crippen molar-refractivity contribution in [1.82, 2.24) is 0 Å². The maximum absolute atomic E-state index is 12.2. The number of hydrogen-bond donors (Lipinski definition) is 1. The van der Waals surface area contributed by atoms with Gasteiger partial charge in [-0.15, -0.1) is 0 Å². The highest BCUT2D eigenvalue weighted by Gasteiger charge is 2.36. The van der Waals surface area contributed by atoms with Crippen molar-refractivity contribution in [3.05, 3.63) is 29.8 Å². The van der Waals surface area contributed by atoms with Crippen molar-refractivity contribution in [3.8, 4) is 0 Å². The number of fused-ring (bicyclic) bond motifs is 1. The van der Waals surface area contributed by atoms with Crippen molar-refractivity contribution in [1.29, 1.82) is 0 Å². The number of ether oxygens (including phenoxy) is 1. The van der Waals surface area contributed by atoms with Gasteiger partial charge >= 0.3 is 5.97 Å². The summed E-state index contributed by atoms with van der Waals surface area (Å²) in [4.78, 5) is 25.3. The standard InChI is InChI=1S/C15H19NO4/c1-15(19,14(18)20-2)10-16-12-8-4-3-6-11(12)7-5-9-13(16)17/h3-4,6,8,19H,5,7,9-10H2,1-2H3. The van der Waals surface area contributed by atoms with E-state index in [-0.39, 0.29) is 12.5 Å². The topological polar surface area (TPSA) is 66.8 Å². The van der Waals surface area contributed by atoms with E-state index in [1.54, 1.807) is 0 Å². The normalized spacial score (nSPS) is 17.9. The van der Waals surface area contributed by atoms with E-state index in [9.17, 15) is 14.7 Å². The Morgan fingerprint density at radius 1 is 1.40 bits per heavy atom. The molecule has 1 unspecified atom stereocenters. The van der Waals surface area contributed by atoms with E-state index in [2.05, 4.69) is 4.74 Å². The summed E-state index contributed by atoms with van der Waals surface area (Å²) in [6.45, 7) is 1.26. The monoisotopic (exact) mass is 277 g/mol. The zero-order valence-corrected chi connectivity index (χ0v) is 11.8. The highest BCUT2D eigenvalue weighted by Crippen LogP contribution is 2.28. The number of anilines is 1. The maximum atomic E-state index is 12.2. The lowest BCUT2D eigenvalue weighted by Crippen LogP contribution is -2.49. The van der Waals surface area contributed by atoms with Gasteiger partial charge in [0.15, 0.2) is 5.60 Å². The smallest absolute Gasteiger partial charge is 0.339 e. The van der Waals surface area contributed by atoms with Crippen molar-refractivity contribution in [2.45, 2.75) is 31.8 Å². The summed E-state index contributed by atoms with van der Waals surface area (Å²) >= 11 is 0. The molecule has 2 rings (SSSR count). The van der Waals surface area contributed by atoms with Gasteiger partial charge in [0.25, 0.3) is 0 Å². The molecule has 1 amide bonds. The van der Waals surface area contributed by atoms with Crippen molar-refractivity contribution >= 4 is 17.6 Å². The van der Waals surface area contributed by atoms with Gasteiger partial charge in [0.1, 0.15) is 0 Å². The van der Waals surface area contributed by atoms with Gasteiger partial charge < -0.3 is 14.7 Å². The summed E-state index contributed by atoms with van der Waals surface area (Å²) < 4.78 is 4.58. The average molecular weight is 277 g/mol. The lowest BCUT2D eigenvalue weighted by Gasteiger charge is -2.30. The number of carbonyl (C=O) groups is 2. The van der Waals surface area contributed by atoms with Gasteiger partial charge in [0.05, 0.1) is 13.7 Å². The summed E-state index contributed by atoms with van der Waals surface area (Å²) in [6.07, 6.45) is 2.00. The van der Waals surface area contributed by atoms with Crippen molar-refractivity contribution < 1.29 is 19.4 Å². The number of amides is 1. The first kappa shape index (κ1) is 14.5. The van der Waals surface area contributed by atoms with Crippen LogP contribution in [0, 0.1) is 0 Å². The third kappa shape index (κ3) is 2.82. The number of nitrogens with zero attached hydrogens (tertiary/aromatic N) is 1. The molecule has 1 heterocycles. The Bertz CT molecular complexity index is 524. The van der Waals surface area contributed by atoms with Gasteiger partial charge in [-0.3, -0.25) is 4.79 Å². The van der Waals surface area contributed by atoms with Crippen LogP contribution >= 0.6 is 0 Å². The lowest BCUT2D eigenvalue weighted by atomic mass is 10.0. The fraction of sp³-hybridized carbons (Fsp3) is 0.467. The van der Waals surface area contributed by atoms with Crippen LogP contribution in [0.3, 0.4) is 0 Å². The third-order valence-corrected chi connectivity index (χ3v) is 3.51. The molecule has 1 N–H and O–H groups in total. The van der Waals surface area contributed by atoms with Gasteiger partial charge in [-0.05, 0) is 31.4 Å². The number of rotatable bonds is 3. The molecule has 0 saturated carbocycles. The first-order valence-corrected chi connectivity index (χ1v) is 6.65. The van der Waals surface area contributed by atoms with E-state index in [1.807, 2.05) is 24.3 Å². The van der Waals surface area contributed by atoms with Gasteiger partial charge in [-0.25, -0.2) is 4.79 Å². The van der Waals surface area contributed by atoms with Crippen molar-refractivity contribution in [2.24, 2.45) is 0 Å². The predicted octanol–water partition coefficient (Wildman–Crippen LogP) is 1.28. The fourth-order valence-electron chi connectivity index (χ4n) is 2.45. The van der Waals surface area contributed by atoms with Crippen molar-refractivity contribution in [2.75, 3.05) is 18.6 Å². The van der Waals surface area contributed by atoms with Crippen LogP contribution in [0.4, 0.5) is 5.69 Å². The summed E-state index contributed by atoms with van der Waals surface area (Å²) in [7, 11) is 1.22. The van der Waals surface area contributed by atoms with Crippen LogP contribution in [0.2, 0.25) is 0 Å². The zero-order chi connectivity index (χ0) is 14.8. The molecule has 20 heavy (non-hydrogen) atoms. The lowest BCUT2D eigenvalue weighted by molar-refractivity contribution is -0.159. The van der Waals surface area contributed by atoms with Gasteiger partial charge in [0.2, 0.25) is 5.91 Å². The highest BCUT2D eigenvalue weighted by molar-refractivity contribution is 5.96. The molecular weight excluding hydrogens is 258 g/mol. The molecule has 0 radical (unpaired) electrons. The summed E-state index contributed by atoms with van der Waals surface area (Å²) in [5.74, 6) is -0.828. The second-order valence-corrected chi connectivity index (χ2v) is 5.23. The number of aliphatic hydroxyl groups is 1. The molecule has 1 aliphatic rings. The number of esters is 1. The maximum Gasteiger partial charge on any atom is 0.339 e. The zero-order valence-electron chi connectivity index (χ0n) is 11.8. The van der Waals surface area contributed by atoms with Crippen LogP contribution < -0.4 is 4.90 Å². The minimum Gasteiger partial charge on any atom is -0.467 e. The molecule has 108 valence electrons. The van der Waals surface area contributed by atoms with Gasteiger partial charge in [-0.2, -0.15) is 0 Å². The number of benzene rings is 1. The predicted molar refractivity (Wildman–Crippen MR) is 74.4 cm³/mol. The SMILES string of the molecule is COC(=O)C(C)(O)CN1C(=O)CCCc2ccccc21. The van der Waals surface area contributed by atoms with Crippen LogP contribution in [0.25, 0.3) is 0 Å². The number of β-amino-alcohol motifs (C(OH)–C–C–N with tert-alkyl or cyclic N) is 1. The molecule has 0 fully saturated rings. The molecule has 0 aromatic heterocycles. The molecule has 1 aliphatic heterocycles. The molecule has 1 aromatic rings. The first-order chi connectivity index (χ1) is 9.45. The summed E-state index contributed by atoms with van der Waals surface area (Å²) in [5, 5.41) is 10.2. The Labute approximate surface area is 118 Å². The Morgan fingerprint density at radius 3 is 2.80 bits per heavy atom.